The van der Waals surface area contributed by atoms with Crippen molar-refractivity contribution >= 4 is 54.1 Å². The highest BCUT2D eigenvalue weighted by Gasteiger charge is 2.38. The lowest BCUT2D eigenvalue weighted by Gasteiger charge is -2.40. The molecule has 174 valence electrons. The van der Waals surface area contributed by atoms with E-state index in [1.165, 1.54) is 0 Å². The summed E-state index contributed by atoms with van der Waals surface area (Å²) in [4.78, 5) is 10.3. The number of anilines is 1. The van der Waals surface area contributed by atoms with Crippen LogP contribution in [0.5, 0.6) is 5.75 Å². The summed E-state index contributed by atoms with van der Waals surface area (Å²) in [7, 11) is -3.78. The molecule has 0 amide bonds. The molecule has 4 heterocycles. The number of fused-ring (bicyclic) bond motifs is 2. The number of halogens is 3. The highest BCUT2D eigenvalue weighted by atomic mass is 79.9. The second kappa shape index (κ2) is 8.50. The van der Waals surface area contributed by atoms with E-state index in [2.05, 4.69) is 25.9 Å². The molecule has 0 spiro atoms. The summed E-state index contributed by atoms with van der Waals surface area (Å²) in [6, 6.07) is -0.159. The van der Waals surface area contributed by atoms with Crippen molar-refractivity contribution in [1.29, 1.82) is 0 Å². The van der Waals surface area contributed by atoms with Gasteiger partial charge in [-0.15, -0.1) is 0 Å². The van der Waals surface area contributed by atoms with Gasteiger partial charge in [0.25, 0.3) is 0 Å². The summed E-state index contributed by atoms with van der Waals surface area (Å²) in [6.45, 7) is 1.51. The molecule has 32 heavy (non-hydrogen) atoms. The molecular weight excluding hydrogens is 529 g/mol. The Labute approximate surface area is 198 Å². The third-order valence-corrected chi connectivity index (χ3v) is 8.24. The Morgan fingerprint density at radius 3 is 2.81 bits per heavy atom. The number of sulfone groups is 1. The number of rotatable bonds is 3. The molecule has 2 fully saturated rings. The molecule has 0 aliphatic carbocycles. The molecule has 2 aromatic rings. The molecule has 2 saturated heterocycles. The predicted molar refractivity (Wildman–Crippen MR) is 120 cm³/mol. The molecule has 1 aromatic carbocycles. The first-order chi connectivity index (χ1) is 15.2. The second-order valence-electron chi connectivity index (χ2n) is 8.33. The Morgan fingerprint density at radius 2 is 2.09 bits per heavy atom. The van der Waals surface area contributed by atoms with Crippen LogP contribution < -0.4 is 9.64 Å². The third-order valence-electron chi connectivity index (χ3n) is 6.06. The van der Waals surface area contributed by atoms with Gasteiger partial charge in [-0.1, -0.05) is 11.6 Å². The first-order valence-electron chi connectivity index (χ1n) is 10.5. The third kappa shape index (κ3) is 3.96. The van der Waals surface area contributed by atoms with Crippen molar-refractivity contribution in [2.24, 2.45) is 0 Å². The fourth-order valence-electron chi connectivity index (χ4n) is 4.50. The van der Waals surface area contributed by atoms with E-state index in [1.54, 1.807) is 0 Å². The van der Waals surface area contributed by atoms with Crippen LogP contribution in [0.4, 0.5) is 10.2 Å². The number of hydrogen-bond donors (Lipinski definition) is 0. The Morgan fingerprint density at radius 1 is 1.28 bits per heavy atom. The van der Waals surface area contributed by atoms with Crippen molar-refractivity contribution in [2.45, 2.75) is 55.7 Å². The predicted octanol–water partition coefficient (Wildman–Crippen LogP) is 3.86. The van der Waals surface area contributed by atoms with Gasteiger partial charge in [0.15, 0.2) is 17.9 Å². The minimum absolute atomic E-state index is 0.0266. The van der Waals surface area contributed by atoms with Gasteiger partial charge >= 0.3 is 0 Å². The lowest BCUT2D eigenvalue weighted by atomic mass is 9.99. The molecule has 8 nitrogen and oxygen atoms in total. The van der Waals surface area contributed by atoms with Crippen LogP contribution in [0.3, 0.4) is 0 Å². The van der Waals surface area contributed by atoms with E-state index in [9.17, 15) is 8.42 Å². The average Bonchev–Trinajstić information content (AvgIpc) is 2.93. The number of piperidine rings is 1. The van der Waals surface area contributed by atoms with Crippen molar-refractivity contribution < 1.29 is 27.0 Å². The zero-order chi connectivity index (χ0) is 22.6. The van der Waals surface area contributed by atoms with Crippen molar-refractivity contribution in [3.63, 3.8) is 0 Å². The molecule has 3 aliphatic rings. The van der Waals surface area contributed by atoms with Crippen LogP contribution in [0.25, 0.3) is 10.9 Å². The highest BCUT2D eigenvalue weighted by molar-refractivity contribution is 9.10. The van der Waals surface area contributed by atoms with E-state index < -0.39 is 20.8 Å². The number of aromatic nitrogens is 2. The SMILES string of the molecule is CS(=O)(=O)c1nc2c3c(c(Cl)c(Br)c(F)c3n1)OCC1CC(OC3CCCCO3)CCN21. The summed E-state index contributed by atoms with van der Waals surface area (Å²) in [5.41, 5.74) is -0.142. The average molecular weight is 551 g/mol. The molecular formula is C20H22BrClFN3O5S. The van der Waals surface area contributed by atoms with E-state index >= 15 is 4.39 Å². The molecule has 0 radical (unpaired) electrons. The smallest absolute Gasteiger partial charge is 0.249 e. The van der Waals surface area contributed by atoms with Crippen LogP contribution in [-0.2, 0) is 19.3 Å². The fourth-order valence-corrected chi connectivity index (χ4v) is 5.61. The van der Waals surface area contributed by atoms with Crippen LogP contribution >= 0.6 is 27.5 Å². The van der Waals surface area contributed by atoms with Crippen molar-refractivity contribution in [3.05, 3.63) is 15.3 Å². The monoisotopic (exact) mass is 549 g/mol. The summed E-state index contributed by atoms with van der Waals surface area (Å²) in [5.74, 6) is -0.196. The van der Waals surface area contributed by atoms with Crippen LogP contribution in [0.15, 0.2) is 9.63 Å². The van der Waals surface area contributed by atoms with E-state index in [4.69, 9.17) is 25.8 Å². The summed E-state index contributed by atoms with van der Waals surface area (Å²) in [5, 5.41) is -0.0931. The standard InChI is InChI=1S/C20H22BrClFN3O5S/c1-32(27,28)20-24-17-13-18(15(22)14(21)16(17)23)30-9-10-8-11(5-6-26(10)19(13)25-20)31-12-4-2-3-7-29-12/h10-12H,2-9H2,1H3. The molecule has 12 heteroatoms. The van der Waals surface area contributed by atoms with Gasteiger partial charge in [-0.2, -0.15) is 0 Å². The van der Waals surface area contributed by atoms with Crippen molar-refractivity contribution in [2.75, 3.05) is 30.9 Å². The van der Waals surface area contributed by atoms with Crippen LogP contribution in [0.1, 0.15) is 32.1 Å². The van der Waals surface area contributed by atoms with Gasteiger partial charge in [0.1, 0.15) is 23.0 Å². The molecule has 0 saturated carbocycles. The number of benzene rings is 1. The van der Waals surface area contributed by atoms with Gasteiger partial charge in [-0.3, -0.25) is 0 Å². The Balaban J connectivity index is 1.56. The van der Waals surface area contributed by atoms with Gasteiger partial charge in [0.05, 0.1) is 22.0 Å². The quantitative estimate of drug-likeness (QED) is 0.420. The van der Waals surface area contributed by atoms with Gasteiger partial charge in [-0.05, 0) is 48.0 Å². The summed E-state index contributed by atoms with van der Waals surface area (Å²) in [6.07, 6.45) is 5.09. The van der Waals surface area contributed by atoms with E-state index in [1.807, 2.05) is 4.90 Å². The van der Waals surface area contributed by atoms with Crippen molar-refractivity contribution in [3.8, 4) is 5.75 Å². The molecule has 3 atom stereocenters. The first kappa shape index (κ1) is 22.5. The summed E-state index contributed by atoms with van der Waals surface area (Å²) < 4.78 is 57.5. The maximum absolute atomic E-state index is 15.1. The van der Waals surface area contributed by atoms with Crippen LogP contribution in [-0.4, -0.2) is 62.8 Å². The van der Waals surface area contributed by atoms with Gasteiger partial charge in [0.2, 0.25) is 15.0 Å². The normalized spacial score (nSPS) is 25.9. The fraction of sp³-hybridized carbons (Fsp3) is 0.600. The topological polar surface area (TPSA) is 90.9 Å². The van der Waals surface area contributed by atoms with Gasteiger partial charge in [0, 0.05) is 19.4 Å². The molecule has 5 rings (SSSR count). The number of ether oxygens (including phenoxy) is 3. The van der Waals surface area contributed by atoms with Crippen LogP contribution in [0.2, 0.25) is 5.02 Å². The lowest BCUT2D eigenvalue weighted by molar-refractivity contribution is -0.193. The van der Waals surface area contributed by atoms with Crippen LogP contribution in [0, 0.1) is 5.82 Å². The molecule has 1 aromatic heterocycles. The molecule has 3 unspecified atom stereocenters. The van der Waals surface area contributed by atoms with Gasteiger partial charge in [-0.25, -0.2) is 22.8 Å². The number of nitrogens with zero attached hydrogens (tertiary/aromatic N) is 3. The van der Waals surface area contributed by atoms with Crippen molar-refractivity contribution in [1.82, 2.24) is 9.97 Å². The van der Waals surface area contributed by atoms with E-state index in [0.717, 1.165) is 25.5 Å². The molecule has 0 N–H and O–H groups in total. The highest BCUT2D eigenvalue weighted by Crippen LogP contribution is 2.47. The Bertz CT molecular complexity index is 1180. The first-order valence-corrected chi connectivity index (χ1v) is 13.5. The minimum Gasteiger partial charge on any atom is -0.489 e. The van der Waals surface area contributed by atoms with E-state index in [-0.39, 0.29) is 51.2 Å². The Hall–Kier alpha value is -1.27. The zero-order valence-electron chi connectivity index (χ0n) is 17.3. The largest absolute Gasteiger partial charge is 0.489 e. The van der Waals surface area contributed by atoms with Gasteiger partial charge < -0.3 is 19.1 Å². The Kier molecular flexibility index (Phi) is 5.98. The maximum Gasteiger partial charge on any atom is 0.249 e. The molecule has 0 bridgehead atoms. The lowest BCUT2D eigenvalue weighted by Crippen LogP contribution is -2.49. The molecule has 3 aliphatic heterocycles. The summed E-state index contributed by atoms with van der Waals surface area (Å²) >= 11 is 9.53. The maximum atomic E-state index is 15.1. The second-order valence-corrected chi connectivity index (χ2v) is 11.4. The number of hydrogen-bond acceptors (Lipinski definition) is 8. The van der Waals surface area contributed by atoms with E-state index in [0.29, 0.717) is 31.8 Å². The minimum atomic E-state index is -3.78. The zero-order valence-corrected chi connectivity index (χ0v) is 20.5.